The fourth-order valence-corrected chi connectivity index (χ4v) is 4.54. The minimum absolute atomic E-state index is 0.0491. The number of carbonyl (C=O) groups is 1. The third-order valence-corrected chi connectivity index (χ3v) is 7.06. The largest absolute Gasteiger partial charge is 0.460 e. The van der Waals surface area contributed by atoms with Gasteiger partial charge in [-0.05, 0) is 64.0 Å². The number of rotatable bonds is 8. The number of hydrogen-bond acceptors (Lipinski definition) is 7. The van der Waals surface area contributed by atoms with Crippen molar-refractivity contribution in [3.8, 4) is 6.01 Å². The summed E-state index contributed by atoms with van der Waals surface area (Å²) in [7, 11) is 0. The van der Waals surface area contributed by atoms with Crippen LogP contribution in [-0.4, -0.2) is 56.3 Å². The molecule has 2 aliphatic rings. The van der Waals surface area contributed by atoms with Gasteiger partial charge in [0.25, 0.3) is 5.91 Å². The van der Waals surface area contributed by atoms with Crippen LogP contribution in [0.25, 0.3) is 11.0 Å². The average Bonchev–Trinajstić information content (AvgIpc) is 3.63. The van der Waals surface area contributed by atoms with Crippen LogP contribution in [0.4, 0.5) is 5.82 Å². The quantitative estimate of drug-likeness (QED) is 0.522. The molecule has 2 atom stereocenters. The molecule has 180 valence electrons. The lowest BCUT2D eigenvalue weighted by molar-refractivity contribution is 0.0931. The van der Waals surface area contributed by atoms with Gasteiger partial charge in [0, 0.05) is 42.7 Å². The monoisotopic (exact) mass is 463 g/mol. The van der Waals surface area contributed by atoms with Crippen molar-refractivity contribution in [3.05, 3.63) is 35.8 Å². The third kappa shape index (κ3) is 4.83. The predicted octanol–water partition coefficient (Wildman–Crippen LogP) is 3.84. The number of fused-ring (bicyclic) bond motifs is 1. The maximum Gasteiger partial charge on any atom is 0.319 e. The van der Waals surface area contributed by atoms with E-state index in [9.17, 15) is 4.79 Å². The number of aromatic amines is 1. The Bertz CT molecular complexity index is 1150. The molecule has 34 heavy (non-hydrogen) atoms. The van der Waals surface area contributed by atoms with Gasteiger partial charge >= 0.3 is 6.01 Å². The van der Waals surface area contributed by atoms with Crippen LogP contribution in [0.1, 0.15) is 75.0 Å². The second-order valence-electron chi connectivity index (χ2n) is 9.61. The van der Waals surface area contributed by atoms with Crippen molar-refractivity contribution in [3.63, 3.8) is 0 Å². The Labute approximate surface area is 199 Å². The van der Waals surface area contributed by atoms with E-state index >= 15 is 0 Å². The van der Waals surface area contributed by atoms with E-state index in [1.54, 1.807) is 12.3 Å². The number of carbonyl (C=O) groups excluding carboxylic acids is 1. The van der Waals surface area contributed by atoms with Crippen LogP contribution >= 0.6 is 0 Å². The lowest BCUT2D eigenvalue weighted by Gasteiger charge is -2.32. The Hall–Kier alpha value is -3.23. The van der Waals surface area contributed by atoms with Gasteiger partial charge < -0.3 is 15.0 Å². The normalized spacial score (nSPS) is 18.6. The molecule has 1 saturated carbocycles. The topological polar surface area (TPSA) is 109 Å². The maximum atomic E-state index is 12.9. The smallest absolute Gasteiger partial charge is 0.319 e. The number of ether oxygens (including phenoxy) is 1. The van der Waals surface area contributed by atoms with Gasteiger partial charge in [0.05, 0.1) is 5.69 Å². The Balaban J connectivity index is 1.34. The van der Waals surface area contributed by atoms with E-state index in [1.165, 1.54) is 12.8 Å². The molecule has 1 saturated heterocycles. The molecule has 3 aromatic heterocycles. The molecule has 1 amide bonds. The van der Waals surface area contributed by atoms with Crippen molar-refractivity contribution in [2.75, 3.05) is 18.0 Å². The molecule has 0 spiro atoms. The van der Waals surface area contributed by atoms with Gasteiger partial charge in [0.2, 0.25) is 0 Å². The van der Waals surface area contributed by atoms with Crippen LogP contribution in [-0.2, 0) is 0 Å². The Morgan fingerprint density at radius 3 is 2.76 bits per heavy atom. The summed E-state index contributed by atoms with van der Waals surface area (Å²) in [5.74, 6) is 1.47. The fourth-order valence-electron chi connectivity index (χ4n) is 4.54. The molecule has 0 bridgehead atoms. The first-order valence-corrected chi connectivity index (χ1v) is 12.4. The summed E-state index contributed by atoms with van der Waals surface area (Å²) in [6.45, 7) is 7.73. The summed E-state index contributed by atoms with van der Waals surface area (Å²) >= 11 is 0. The standard InChI is InChI=1S/C25H33N7O2/c1-4-15(2)27-24(33)20-14-21(29-25(28-20)34-16(3)17-7-8-17)32-12-9-18(10-13-32)22-19-6-5-11-26-23(19)31-30-22/h5-6,11,14-18H,4,7-10,12-13H2,1-3H3,(H,27,33)(H,26,30,31)/t15-,16-/m1/s1. The van der Waals surface area contributed by atoms with Gasteiger partial charge in [-0.15, -0.1) is 0 Å². The van der Waals surface area contributed by atoms with Crippen LogP contribution in [0.3, 0.4) is 0 Å². The number of amides is 1. The molecular formula is C25H33N7O2. The molecule has 1 aliphatic carbocycles. The highest BCUT2D eigenvalue weighted by Crippen LogP contribution is 2.35. The number of nitrogens with zero attached hydrogens (tertiary/aromatic N) is 5. The minimum Gasteiger partial charge on any atom is -0.460 e. The van der Waals surface area contributed by atoms with E-state index < -0.39 is 0 Å². The summed E-state index contributed by atoms with van der Waals surface area (Å²) in [5.41, 5.74) is 2.27. The zero-order chi connectivity index (χ0) is 23.7. The summed E-state index contributed by atoms with van der Waals surface area (Å²) in [6, 6.07) is 6.19. The first-order chi connectivity index (χ1) is 16.5. The van der Waals surface area contributed by atoms with Gasteiger partial charge in [0.1, 0.15) is 17.6 Å². The highest BCUT2D eigenvalue weighted by atomic mass is 16.5. The molecule has 0 unspecified atom stereocenters. The van der Waals surface area contributed by atoms with E-state index in [-0.39, 0.29) is 24.1 Å². The van der Waals surface area contributed by atoms with Crippen molar-refractivity contribution in [2.24, 2.45) is 5.92 Å². The molecule has 2 N–H and O–H groups in total. The molecule has 0 aromatic carbocycles. The van der Waals surface area contributed by atoms with E-state index in [2.05, 4.69) is 43.4 Å². The number of hydrogen-bond donors (Lipinski definition) is 2. The number of aromatic nitrogens is 5. The van der Waals surface area contributed by atoms with E-state index in [0.717, 1.165) is 54.9 Å². The summed E-state index contributed by atoms with van der Waals surface area (Å²) in [6.07, 6.45) is 6.93. The molecule has 9 nitrogen and oxygen atoms in total. The van der Waals surface area contributed by atoms with Crippen LogP contribution < -0.4 is 15.0 Å². The van der Waals surface area contributed by atoms with Gasteiger partial charge in [-0.3, -0.25) is 9.89 Å². The maximum absolute atomic E-state index is 12.9. The number of H-pyrrole nitrogens is 1. The fraction of sp³-hybridized carbons (Fsp3) is 0.560. The van der Waals surface area contributed by atoms with Crippen LogP contribution in [0.5, 0.6) is 6.01 Å². The summed E-state index contributed by atoms with van der Waals surface area (Å²) in [4.78, 5) is 28.6. The first kappa shape index (κ1) is 22.6. The van der Waals surface area contributed by atoms with Gasteiger partial charge in [-0.1, -0.05) is 6.92 Å². The van der Waals surface area contributed by atoms with Crippen molar-refractivity contribution < 1.29 is 9.53 Å². The third-order valence-electron chi connectivity index (χ3n) is 7.06. The zero-order valence-corrected chi connectivity index (χ0v) is 20.1. The SMILES string of the molecule is CC[C@@H](C)NC(=O)c1cc(N2CCC(c3n[nH]c4ncccc34)CC2)nc(O[C@H](C)C2CC2)n1. The zero-order valence-electron chi connectivity index (χ0n) is 20.1. The molecule has 9 heteroatoms. The van der Waals surface area contributed by atoms with Crippen molar-refractivity contribution in [1.29, 1.82) is 0 Å². The van der Waals surface area contributed by atoms with Gasteiger partial charge in [0.15, 0.2) is 5.65 Å². The first-order valence-electron chi connectivity index (χ1n) is 12.4. The number of anilines is 1. The Morgan fingerprint density at radius 2 is 2.03 bits per heavy atom. The minimum atomic E-state index is -0.188. The van der Waals surface area contributed by atoms with Gasteiger partial charge in [-0.25, -0.2) is 4.98 Å². The Kier molecular flexibility index (Phi) is 6.34. The number of pyridine rings is 1. The van der Waals surface area contributed by atoms with Gasteiger partial charge in [-0.2, -0.15) is 15.1 Å². The molecule has 1 aliphatic heterocycles. The van der Waals surface area contributed by atoms with E-state index in [0.29, 0.717) is 17.5 Å². The summed E-state index contributed by atoms with van der Waals surface area (Å²) in [5, 5.41) is 11.7. The number of nitrogens with one attached hydrogen (secondary N) is 2. The van der Waals surface area contributed by atoms with Crippen LogP contribution in [0.15, 0.2) is 24.4 Å². The Morgan fingerprint density at radius 1 is 1.24 bits per heavy atom. The molecule has 2 fully saturated rings. The molecule has 0 radical (unpaired) electrons. The molecule has 5 rings (SSSR count). The highest BCUT2D eigenvalue weighted by Gasteiger charge is 2.31. The molecule has 3 aromatic rings. The second kappa shape index (κ2) is 9.56. The lowest BCUT2D eigenvalue weighted by atomic mass is 9.92. The van der Waals surface area contributed by atoms with Crippen LogP contribution in [0, 0.1) is 5.92 Å². The highest BCUT2D eigenvalue weighted by molar-refractivity contribution is 5.93. The number of piperidine rings is 1. The predicted molar refractivity (Wildman–Crippen MR) is 130 cm³/mol. The summed E-state index contributed by atoms with van der Waals surface area (Å²) < 4.78 is 6.07. The van der Waals surface area contributed by atoms with Crippen molar-refractivity contribution >= 4 is 22.8 Å². The van der Waals surface area contributed by atoms with Crippen molar-refractivity contribution in [2.45, 2.75) is 70.9 Å². The van der Waals surface area contributed by atoms with E-state index in [1.807, 2.05) is 19.9 Å². The van der Waals surface area contributed by atoms with E-state index in [4.69, 9.17) is 9.72 Å². The van der Waals surface area contributed by atoms with Crippen LogP contribution in [0.2, 0.25) is 0 Å². The lowest BCUT2D eigenvalue weighted by Crippen LogP contribution is -2.35. The second-order valence-corrected chi connectivity index (χ2v) is 9.61. The molecule has 4 heterocycles. The average molecular weight is 464 g/mol. The van der Waals surface area contributed by atoms with Crippen molar-refractivity contribution in [1.82, 2.24) is 30.5 Å². The molecular weight excluding hydrogens is 430 g/mol.